The number of rotatable bonds is 4. The molecule has 0 radical (unpaired) electrons. The highest BCUT2D eigenvalue weighted by molar-refractivity contribution is 5.96. The van der Waals surface area contributed by atoms with E-state index in [9.17, 15) is 9.59 Å². The summed E-state index contributed by atoms with van der Waals surface area (Å²) in [5.41, 5.74) is 7.53. The Balaban J connectivity index is 1.73. The molecule has 0 aliphatic heterocycles. The molecule has 6 nitrogen and oxygen atoms in total. The lowest BCUT2D eigenvalue weighted by Crippen LogP contribution is -2.48. The van der Waals surface area contributed by atoms with E-state index in [-0.39, 0.29) is 23.8 Å². The molecule has 25 heavy (non-hydrogen) atoms. The topological polar surface area (TPSA) is 93.5 Å². The molecule has 2 amide bonds. The molecule has 0 saturated heterocycles. The molecule has 1 aromatic carbocycles. The van der Waals surface area contributed by atoms with Crippen molar-refractivity contribution in [1.29, 1.82) is 0 Å². The van der Waals surface area contributed by atoms with Gasteiger partial charge in [0.15, 0.2) is 0 Å². The van der Waals surface area contributed by atoms with Crippen LogP contribution in [0.3, 0.4) is 0 Å². The van der Waals surface area contributed by atoms with E-state index in [2.05, 4.69) is 10.6 Å². The second-order valence-corrected chi connectivity index (χ2v) is 7.28. The fraction of sp³-hybridized carbons (Fsp3) is 0.579. The Morgan fingerprint density at radius 1 is 1.16 bits per heavy atom. The van der Waals surface area contributed by atoms with E-state index in [0.29, 0.717) is 29.0 Å². The smallest absolute Gasteiger partial charge is 0.227 e. The monoisotopic (exact) mass is 345 g/mol. The maximum Gasteiger partial charge on any atom is 0.227 e. The van der Waals surface area contributed by atoms with Crippen molar-refractivity contribution < 1.29 is 14.3 Å². The van der Waals surface area contributed by atoms with Gasteiger partial charge in [0.1, 0.15) is 5.75 Å². The van der Waals surface area contributed by atoms with E-state index in [1.165, 1.54) is 13.3 Å². The number of fused-ring (bicyclic) bond motifs is 2. The number of hydrogen-bond acceptors (Lipinski definition) is 4. The Kier molecular flexibility index (Phi) is 5.27. The minimum atomic E-state index is -0.156. The predicted octanol–water partition coefficient (Wildman–Crippen LogP) is 2.75. The van der Waals surface area contributed by atoms with E-state index >= 15 is 0 Å². The van der Waals surface area contributed by atoms with Crippen LogP contribution in [0.15, 0.2) is 18.2 Å². The standard InChI is InChI=1S/C19H27N3O3/c1-11(23)21-15-6-7-17(25-2)16(10-15)22-19(24)14-8-12-4-3-5-13(9-14)18(12)20/h6-7,10,12-14,18H,3-5,8-9,20H2,1-2H3,(H,21,23)(H,22,24). The Morgan fingerprint density at radius 3 is 2.44 bits per heavy atom. The van der Waals surface area contributed by atoms with Crippen LogP contribution in [0.5, 0.6) is 5.75 Å². The number of ether oxygens (including phenoxy) is 1. The summed E-state index contributed by atoms with van der Waals surface area (Å²) >= 11 is 0. The fourth-order valence-electron chi connectivity index (χ4n) is 4.32. The maximum absolute atomic E-state index is 12.8. The molecule has 2 atom stereocenters. The first-order valence-corrected chi connectivity index (χ1v) is 9.00. The second-order valence-electron chi connectivity index (χ2n) is 7.28. The van der Waals surface area contributed by atoms with Crippen LogP contribution in [0, 0.1) is 17.8 Å². The third-order valence-corrected chi connectivity index (χ3v) is 5.56. The summed E-state index contributed by atoms with van der Waals surface area (Å²) in [4.78, 5) is 24.1. The van der Waals surface area contributed by atoms with Crippen LogP contribution in [0.2, 0.25) is 0 Å². The molecule has 2 unspecified atom stereocenters. The maximum atomic E-state index is 12.8. The number of nitrogens with two attached hydrogens (primary N) is 1. The Labute approximate surface area is 148 Å². The highest BCUT2D eigenvalue weighted by Crippen LogP contribution is 2.42. The van der Waals surface area contributed by atoms with Gasteiger partial charge in [0, 0.05) is 24.6 Å². The van der Waals surface area contributed by atoms with E-state index in [1.54, 1.807) is 25.3 Å². The van der Waals surface area contributed by atoms with Crippen molar-refractivity contribution in [3.8, 4) is 5.75 Å². The number of carbonyl (C=O) groups excluding carboxylic acids is 2. The summed E-state index contributed by atoms with van der Waals surface area (Å²) in [6.07, 6.45) is 5.20. The van der Waals surface area contributed by atoms with Gasteiger partial charge in [-0.3, -0.25) is 9.59 Å². The highest BCUT2D eigenvalue weighted by Gasteiger charge is 2.40. The molecule has 0 spiro atoms. The molecule has 2 fully saturated rings. The van der Waals surface area contributed by atoms with Crippen molar-refractivity contribution in [2.75, 3.05) is 17.7 Å². The van der Waals surface area contributed by atoms with Crippen molar-refractivity contribution in [3.05, 3.63) is 18.2 Å². The molecule has 2 bridgehead atoms. The normalized spacial score (nSPS) is 28.1. The molecule has 3 rings (SSSR count). The highest BCUT2D eigenvalue weighted by atomic mass is 16.5. The molecule has 2 saturated carbocycles. The van der Waals surface area contributed by atoms with Crippen LogP contribution in [-0.2, 0) is 9.59 Å². The minimum absolute atomic E-state index is 0.00997. The molecule has 2 aliphatic rings. The van der Waals surface area contributed by atoms with Crippen LogP contribution >= 0.6 is 0 Å². The van der Waals surface area contributed by atoms with Crippen LogP contribution in [0.4, 0.5) is 11.4 Å². The zero-order chi connectivity index (χ0) is 18.0. The van der Waals surface area contributed by atoms with Crippen molar-refractivity contribution >= 4 is 23.2 Å². The van der Waals surface area contributed by atoms with Gasteiger partial charge in [-0.15, -0.1) is 0 Å². The Morgan fingerprint density at radius 2 is 1.84 bits per heavy atom. The van der Waals surface area contributed by atoms with Crippen LogP contribution in [0.25, 0.3) is 0 Å². The minimum Gasteiger partial charge on any atom is -0.495 e. The number of nitrogens with one attached hydrogen (secondary N) is 2. The summed E-state index contributed by atoms with van der Waals surface area (Å²) in [6, 6.07) is 5.47. The first-order chi connectivity index (χ1) is 12.0. The average molecular weight is 345 g/mol. The van der Waals surface area contributed by atoms with E-state index in [4.69, 9.17) is 10.5 Å². The lowest BCUT2D eigenvalue weighted by atomic mass is 9.65. The van der Waals surface area contributed by atoms with Crippen molar-refractivity contribution in [1.82, 2.24) is 0 Å². The van der Waals surface area contributed by atoms with Crippen LogP contribution in [-0.4, -0.2) is 25.0 Å². The fourth-order valence-corrected chi connectivity index (χ4v) is 4.32. The molecule has 6 heteroatoms. The third kappa shape index (κ3) is 3.95. The Bertz CT molecular complexity index is 647. The number of hydrogen-bond donors (Lipinski definition) is 3. The third-order valence-electron chi connectivity index (χ3n) is 5.56. The first kappa shape index (κ1) is 17.7. The summed E-state index contributed by atoms with van der Waals surface area (Å²) in [5, 5.41) is 5.72. The summed E-state index contributed by atoms with van der Waals surface area (Å²) in [6.45, 7) is 1.45. The molecule has 2 aliphatic carbocycles. The van der Waals surface area contributed by atoms with Crippen molar-refractivity contribution in [3.63, 3.8) is 0 Å². The zero-order valence-corrected chi connectivity index (χ0v) is 14.9. The van der Waals surface area contributed by atoms with Gasteiger partial charge in [0.2, 0.25) is 11.8 Å². The molecule has 1 aromatic rings. The van der Waals surface area contributed by atoms with E-state index in [1.807, 2.05) is 0 Å². The van der Waals surface area contributed by atoms with Crippen LogP contribution in [0.1, 0.15) is 39.0 Å². The van der Waals surface area contributed by atoms with Gasteiger partial charge < -0.3 is 21.1 Å². The number of amides is 2. The lowest BCUT2D eigenvalue weighted by molar-refractivity contribution is -0.122. The van der Waals surface area contributed by atoms with Gasteiger partial charge in [0.05, 0.1) is 12.8 Å². The summed E-state index contributed by atoms with van der Waals surface area (Å²) in [7, 11) is 1.56. The molecular formula is C19H27N3O3. The number of methoxy groups -OCH3 is 1. The van der Waals surface area contributed by atoms with Gasteiger partial charge in [-0.25, -0.2) is 0 Å². The van der Waals surface area contributed by atoms with E-state index < -0.39 is 0 Å². The largest absolute Gasteiger partial charge is 0.495 e. The second kappa shape index (κ2) is 7.44. The van der Waals surface area contributed by atoms with Gasteiger partial charge in [-0.2, -0.15) is 0 Å². The molecule has 4 N–H and O–H groups in total. The van der Waals surface area contributed by atoms with E-state index in [0.717, 1.165) is 25.7 Å². The van der Waals surface area contributed by atoms with Crippen molar-refractivity contribution in [2.24, 2.45) is 23.5 Å². The predicted molar refractivity (Wildman–Crippen MR) is 97.5 cm³/mol. The SMILES string of the molecule is COc1ccc(NC(C)=O)cc1NC(=O)C1CC2CCCC(C1)C2N. The molecule has 0 aromatic heterocycles. The first-order valence-electron chi connectivity index (χ1n) is 9.00. The summed E-state index contributed by atoms with van der Waals surface area (Å²) in [5.74, 6) is 1.34. The number of carbonyl (C=O) groups is 2. The van der Waals surface area contributed by atoms with Crippen LogP contribution < -0.4 is 21.1 Å². The number of benzene rings is 1. The van der Waals surface area contributed by atoms with Gasteiger partial charge in [-0.1, -0.05) is 6.42 Å². The molecule has 0 heterocycles. The molecule has 136 valence electrons. The average Bonchev–Trinajstić information content (AvgIpc) is 2.54. The van der Waals surface area contributed by atoms with Gasteiger partial charge >= 0.3 is 0 Å². The van der Waals surface area contributed by atoms with Gasteiger partial charge in [-0.05, 0) is 55.7 Å². The Hall–Kier alpha value is -2.08. The molecular weight excluding hydrogens is 318 g/mol. The quantitative estimate of drug-likeness (QED) is 0.782. The lowest BCUT2D eigenvalue weighted by Gasteiger charge is -2.43. The van der Waals surface area contributed by atoms with Gasteiger partial charge in [0.25, 0.3) is 0 Å². The van der Waals surface area contributed by atoms with Crippen molar-refractivity contribution in [2.45, 2.75) is 45.1 Å². The number of anilines is 2. The zero-order valence-electron chi connectivity index (χ0n) is 14.9. The summed E-state index contributed by atoms with van der Waals surface area (Å²) < 4.78 is 5.34.